The summed E-state index contributed by atoms with van der Waals surface area (Å²) in [6, 6.07) is 8.05. The molecule has 15 heavy (non-hydrogen) atoms. The second-order valence-electron chi connectivity index (χ2n) is 3.70. The Morgan fingerprint density at radius 2 is 1.87 bits per heavy atom. The molecular weight excluding hydrogens is 190 g/mol. The Balaban J connectivity index is 1.91. The van der Waals surface area contributed by atoms with Crippen LogP contribution in [-0.4, -0.2) is 26.4 Å². The van der Waals surface area contributed by atoms with Crippen LogP contribution in [0.4, 0.5) is 5.69 Å². The molecule has 1 heterocycles. The molecule has 1 fully saturated rings. The molecule has 0 saturated carbocycles. The highest BCUT2D eigenvalue weighted by molar-refractivity contribution is 5.45. The Labute approximate surface area is 90.4 Å². The van der Waals surface area contributed by atoms with Gasteiger partial charge in [-0.25, -0.2) is 0 Å². The van der Waals surface area contributed by atoms with Crippen LogP contribution < -0.4 is 10.1 Å². The van der Waals surface area contributed by atoms with Gasteiger partial charge in [0, 0.05) is 25.6 Å². The lowest BCUT2D eigenvalue weighted by Crippen LogP contribution is -2.25. The lowest BCUT2D eigenvalue weighted by atomic mass is 10.1. The molecule has 0 amide bonds. The standard InChI is InChI=1S/C12H17NO2/c1-13-10-2-4-11(5-3-10)15-12-6-8-14-9-7-12/h2-5,12-13H,6-9H2,1H3. The summed E-state index contributed by atoms with van der Waals surface area (Å²) < 4.78 is 11.1. The van der Waals surface area contributed by atoms with E-state index >= 15 is 0 Å². The van der Waals surface area contributed by atoms with Crippen LogP contribution in [0, 0.1) is 0 Å². The summed E-state index contributed by atoms with van der Waals surface area (Å²) in [6.45, 7) is 1.64. The maximum absolute atomic E-state index is 5.85. The molecular formula is C12H17NO2. The summed E-state index contributed by atoms with van der Waals surface area (Å²) >= 11 is 0. The van der Waals surface area contributed by atoms with Crippen molar-refractivity contribution in [2.45, 2.75) is 18.9 Å². The average Bonchev–Trinajstić information content (AvgIpc) is 2.31. The third-order valence-electron chi connectivity index (χ3n) is 2.61. The van der Waals surface area contributed by atoms with Crippen molar-refractivity contribution in [3.8, 4) is 5.75 Å². The van der Waals surface area contributed by atoms with E-state index in [0.29, 0.717) is 6.10 Å². The fourth-order valence-corrected chi connectivity index (χ4v) is 1.69. The fourth-order valence-electron chi connectivity index (χ4n) is 1.69. The van der Waals surface area contributed by atoms with Crippen molar-refractivity contribution >= 4 is 5.69 Å². The Morgan fingerprint density at radius 3 is 2.47 bits per heavy atom. The minimum absolute atomic E-state index is 0.319. The number of nitrogens with one attached hydrogen (secondary N) is 1. The minimum atomic E-state index is 0.319. The normalized spacial score (nSPS) is 17.4. The van der Waals surface area contributed by atoms with Crippen molar-refractivity contribution in [2.24, 2.45) is 0 Å². The first-order valence-corrected chi connectivity index (χ1v) is 5.41. The highest BCUT2D eigenvalue weighted by Crippen LogP contribution is 2.19. The van der Waals surface area contributed by atoms with Gasteiger partial charge in [0.2, 0.25) is 0 Å². The zero-order valence-electron chi connectivity index (χ0n) is 9.03. The van der Waals surface area contributed by atoms with E-state index in [1.54, 1.807) is 0 Å². The van der Waals surface area contributed by atoms with Crippen LogP contribution in [0.5, 0.6) is 5.75 Å². The summed E-state index contributed by atoms with van der Waals surface area (Å²) in [5, 5.41) is 3.08. The fraction of sp³-hybridized carbons (Fsp3) is 0.500. The molecule has 0 aliphatic carbocycles. The van der Waals surface area contributed by atoms with Crippen molar-refractivity contribution in [1.82, 2.24) is 0 Å². The van der Waals surface area contributed by atoms with E-state index in [0.717, 1.165) is 37.5 Å². The van der Waals surface area contributed by atoms with Gasteiger partial charge >= 0.3 is 0 Å². The van der Waals surface area contributed by atoms with Crippen LogP contribution in [0.25, 0.3) is 0 Å². The molecule has 3 nitrogen and oxygen atoms in total. The Morgan fingerprint density at radius 1 is 1.20 bits per heavy atom. The lowest BCUT2D eigenvalue weighted by molar-refractivity contribution is 0.0256. The van der Waals surface area contributed by atoms with Crippen LogP contribution in [0.2, 0.25) is 0 Å². The average molecular weight is 207 g/mol. The van der Waals surface area contributed by atoms with E-state index < -0.39 is 0 Å². The number of anilines is 1. The summed E-state index contributed by atoms with van der Waals surface area (Å²) in [6.07, 6.45) is 2.31. The maximum atomic E-state index is 5.85. The van der Waals surface area contributed by atoms with Crippen molar-refractivity contribution in [3.05, 3.63) is 24.3 Å². The number of benzene rings is 1. The van der Waals surface area contributed by atoms with E-state index in [-0.39, 0.29) is 0 Å². The highest BCUT2D eigenvalue weighted by Gasteiger charge is 2.14. The summed E-state index contributed by atoms with van der Waals surface area (Å²) in [4.78, 5) is 0. The number of rotatable bonds is 3. The number of hydrogen-bond donors (Lipinski definition) is 1. The predicted octanol–water partition coefficient (Wildman–Crippen LogP) is 2.29. The first-order chi connectivity index (χ1) is 7.38. The first kappa shape index (κ1) is 10.3. The van der Waals surface area contributed by atoms with Crippen LogP contribution in [0.3, 0.4) is 0 Å². The van der Waals surface area contributed by atoms with E-state index in [2.05, 4.69) is 5.32 Å². The van der Waals surface area contributed by atoms with Gasteiger partial charge in [-0.05, 0) is 24.3 Å². The van der Waals surface area contributed by atoms with Gasteiger partial charge in [0.15, 0.2) is 0 Å². The van der Waals surface area contributed by atoms with Crippen molar-refractivity contribution < 1.29 is 9.47 Å². The molecule has 1 saturated heterocycles. The van der Waals surface area contributed by atoms with E-state index in [9.17, 15) is 0 Å². The number of hydrogen-bond acceptors (Lipinski definition) is 3. The molecule has 1 aromatic rings. The molecule has 0 unspecified atom stereocenters. The molecule has 3 heteroatoms. The van der Waals surface area contributed by atoms with Gasteiger partial charge in [0.25, 0.3) is 0 Å². The minimum Gasteiger partial charge on any atom is -0.490 e. The topological polar surface area (TPSA) is 30.5 Å². The van der Waals surface area contributed by atoms with Gasteiger partial charge in [0.05, 0.1) is 13.2 Å². The molecule has 0 bridgehead atoms. The molecule has 0 radical (unpaired) electrons. The Bertz CT molecular complexity index is 291. The van der Waals surface area contributed by atoms with Crippen LogP contribution >= 0.6 is 0 Å². The summed E-state index contributed by atoms with van der Waals surface area (Å²) in [5.74, 6) is 0.945. The monoisotopic (exact) mass is 207 g/mol. The predicted molar refractivity (Wildman–Crippen MR) is 60.5 cm³/mol. The molecule has 1 aliphatic heterocycles. The second-order valence-corrected chi connectivity index (χ2v) is 3.70. The van der Waals surface area contributed by atoms with E-state index in [4.69, 9.17) is 9.47 Å². The van der Waals surface area contributed by atoms with E-state index in [1.807, 2.05) is 31.3 Å². The lowest BCUT2D eigenvalue weighted by Gasteiger charge is -2.23. The van der Waals surface area contributed by atoms with Gasteiger partial charge in [-0.2, -0.15) is 0 Å². The zero-order valence-corrected chi connectivity index (χ0v) is 9.03. The second kappa shape index (κ2) is 5.03. The van der Waals surface area contributed by atoms with Crippen molar-refractivity contribution in [1.29, 1.82) is 0 Å². The molecule has 2 rings (SSSR count). The maximum Gasteiger partial charge on any atom is 0.119 e. The number of ether oxygens (including phenoxy) is 2. The molecule has 82 valence electrons. The highest BCUT2D eigenvalue weighted by atomic mass is 16.5. The SMILES string of the molecule is CNc1ccc(OC2CCOCC2)cc1. The van der Waals surface area contributed by atoms with Crippen LogP contribution in [0.1, 0.15) is 12.8 Å². The van der Waals surface area contributed by atoms with Gasteiger partial charge in [-0.3, -0.25) is 0 Å². The third kappa shape index (κ3) is 2.86. The largest absolute Gasteiger partial charge is 0.490 e. The van der Waals surface area contributed by atoms with Gasteiger partial charge < -0.3 is 14.8 Å². The molecule has 0 aromatic heterocycles. The summed E-state index contributed by atoms with van der Waals surface area (Å²) in [5.41, 5.74) is 1.11. The smallest absolute Gasteiger partial charge is 0.119 e. The van der Waals surface area contributed by atoms with Crippen LogP contribution in [-0.2, 0) is 4.74 Å². The van der Waals surface area contributed by atoms with Crippen LogP contribution in [0.15, 0.2) is 24.3 Å². The molecule has 1 aromatic carbocycles. The quantitative estimate of drug-likeness (QED) is 0.824. The Kier molecular flexibility index (Phi) is 3.45. The zero-order chi connectivity index (χ0) is 10.5. The molecule has 0 atom stereocenters. The van der Waals surface area contributed by atoms with Gasteiger partial charge in [-0.15, -0.1) is 0 Å². The summed E-state index contributed by atoms with van der Waals surface area (Å²) in [7, 11) is 1.91. The van der Waals surface area contributed by atoms with Gasteiger partial charge in [0.1, 0.15) is 11.9 Å². The first-order valence-electron chi connectivity index (χ1n) is 5.41. The van der Waals surface area contributed by atoms with E-state index in [1.165, 1.54) is 0 Å². The molecule has 0 spiro atoms. The molecule has 1 aliphatic rings. The molecule has 1 N–H and O–H groups in total. The van der Waals surface area contributed by atoms with Crippen molar-refractivity contribution in [3.63, 3.8) is 0 Å². The Hall–Kier alpha value is -1.22. The third-order valence-corrected chi connectivity index (χ3v) is 2.61. The van der Waals surface area contributed by atoms with Gasteiger partial charge in [-0.1, -0.05) is 0 Å². The van der Waals surface area contributed by atoms with Crippen molar-refractivity contribution in [2.75, 3.05) is 25.6 Å².